The van der Waals surface area contributed by atoms with E-state index < -0.39 is 32.6 Å². The Hall–Kier alpha value is -2.20. The Kier molecular flexibility index (Phi) is 7.88. The van der Waals surface area contributed by atoms with E-state index in [2.05, 4.69) is 0 Å². The fraction of sp³-hybridized carbons (Fsp3) is 0.556. The maximum absolute atomic E-state index is 8.37. The molecule has 17 heavy (non-hydrogen) atoms. The predicted molar refractivity (Wildman–Crippen MR) is 49.0 cm³/mol. The highest BCUT2D eigenvalue weighted by molar-refractivity contribution is 4.74. The quantitative estimate of drug-likeness (QED) is 0.527. The smallest absolute Gasteiger partial charge is 0.288 e. The molecule has 0 aromatic rings. The summed E-state index contributed by atoms with van der Waals surface area (Å²) in [5, 5.41) is 33.5. The van der Waals surface area contributed by atoms with E-state index in [0.29, 0.717) is 0 Å². The average molecular weight is 236 g/mol. The van der Waals surface area contributed by atoms with E-state index >= 15 is 0 Å². The number of rotatable bonds is 8. The standard InChI is InChI=1S/C9H8N4O4/c10-1-5-14-9(15-6-2-11,16-7-3-12)17-8-4-13/h5-8H2. The Morgan fingerprint density at radius 3 is 1.00 bits per heavy atom. The summed E-state index contributed by atoms with van der Waals surface area (Å²) in [7, 11) is 0. The van der Waals surface area contributed by atoms with Gasteiger partial charge in [0.25, 0.3) is 0 Å². The second kappa shape index (κ2) is 9.06. The van der Waals surface area contributed by atoms with Gasteiger partial charge in [-0.3, -0.25) is 18.9 Å². The predicted octanol–water partition coefficient (Wildman–Crippen LogP) is -0.242. The van der Waals surface area contributed by atoms with Gasteiger partial charge in [0.2, 0.25) is 0 Å². The molecule has 0 saturated carbocycles. The van der Waals surface area contributed by atoms with Crippen LogP contribution in [0.3, 0.4) is 0 Å². The van der Waals surface area contributed by atoms with Gasteiger partial charge in [-0.05, 0) is 0 Å². The highest BCUT2D eigenvalue weighted by Crippen LogP contribution is 2.17. The van der Waals surface area contributed by atoms with Gasteiger partial charge in [-0.1, -0.05) is 0 Å². The van der Waals surface area contributed by atoms with Crippen LogP contribution < -0.4 is 0 Å². The maximum atomic E-state index is 8.37. The SMILES string of the molecule is N#CCOC(OCC#N)(OCC#N)OCC#N. The zero-order valence-electron chi connectivity index (χ0n) is 8.75. The Balaban J connectivity index is 4.67. The normalized spacial score (nSPS) is 9.65. The van der Waals surface area contributed by atoms with Crippen LogP contribution >= 0.6 is 0 Å². The molecule has 0 unspecified atom stereocenters. The van der Waals surface area contributed by atoms with Gasteiger partial charge in [-0.2, -0.15) is 21.0 Å². The molecule has 0 rings (SSSR count). The molecule has 0 N–H and O–H groups in total. The molecule has 0 aromatic carbocycles. The first kappa shape index (κ1) is 14.8. The van der Waals surface area contributed by atoms with E-state index in [1.54, 1.807) is 24.3 Å². The molecule has 0 radical (unpaired) electrons. The molecule has 0 saturated heterocycles. The molecule has 0 amide bonds. The van der Waals surface area contributed by atoms with Gasteiger partial charge in [0.1, 0.15) is 26.4 Å². The summed E-state index contributed by atoms with van der Waals surface area (Å²) in [6, 6.07) is 6.57. The first-order valence-corrected chi connectivity index (χ1v) is 4.28. The van der Waals surface area contributed by atoms with Crippen LogP contribution in [-0.2, 0) is 18.9 Å². The zero-order valence-corrected chi connectivity index (χ0v) is 8.75. The van der Waals surface area contributed by atoms with Gasteiger partial charge in [-0.25, -0.2) is 0 Å². The van der Waals surface area contributed by atoms with Crippen molar-refractivity contribution in [2.24, 2.45) is 0 Å². The summed E-state index contributed by atoms with van der Waals surface area (Å²) in [4.78, 5) is 0. The molecular weight excluding hydrogens is 228 g/mol. The van der Waals surface area contributed by atoms with Gasteiger partial charge in [0, 0.05) is 0 Å². The van der Waals surface area contributed by atoms with E-state index in [1.807, 2.05) is 0 Å². The van der Waals surface area contributed by atoms with Crippen LogP contribution in [0.1, 0.15) is 0 Å². The van der Waals surface area contributed by atoms with Crippen molar-refractivity contribution in [2.75, 3.05) is 26.4 Å². The topological polar surface area (TPSA) is 132 Å². The summed E-state index contributed by atoms with van der Waals surface area (Å²) in [5.74, 6) is 0. The molecule has 0 heterocycles. The maximum Gasteiger partial charge on any atom is 0.416 e. The number of ether oxygens (including phenoxy) is 4. The van der Waals surface area contributed by atoms with E-state index in [0.717, 1.165) is 0 Å². The van der Waals surface area contributed by atoms with Crippen LogP contribution in [0.15, 0.2) is 0 Å². The van der Waals surface area contributed by atoms with E-state index in [4.69, 9.17) is 40.0 Å². The second-order valence-electron chi connectivity index (χ2n) is 2.29. The molecule has 8 heteroatoms. The molecule has 0 bridgehead atoms. The minimum atomic E-state index is -2.18. The number of hydrogen-bond acceptors (Lipinski definition) is 8. The van der Waals surface area contributed by atoms with E-state index in [9.17, 15) is 0 Å². The van der Waals surface area contributed by atoms with Crippen LogP contribution in [0, 0.1) is 45.3 Å². The van der Waals surface area contributed by atoms with Crippen molar-refractivity contribution in [2.45, 2.75) is 6.16 Å². The lowest BCUT2D eigenvalue weighted by atomic mass is 10.7. The van der Waals surface area contributed by atoms with Crippen molar-refractivity contribution in [3.05, 3.63) is 0 Å². The summed E-state index contributed by atoms with van der Waals surface area (Å²) in [6.07, 6.45) is -2.18. The molecule has 0 aliphatic heterocycles. The second-order valence-corrected chi connectivity index (χ2v) is 2.29. The first-order chi connectivity index (χ1) is 8.24. The fourth-order valence-corrected chi connectivity index (χ4v) is 0.733. The van der Waals surface area contributed by atoms with Crippen molar-refractivity contribution in [1.29, 1.82) is 21.0 Å². The van der Waals surface area contributed by atoms with Crippen molar-refractivity contribution in [1.82, 2.24) is 0 Å². The average Bonchev–Trinajstić information content (AvgIpc) is 2.37. The third-order valence-corrected chi connectivity index (χ3v) is 1.25. The van der Waals surface area contributed by atoms with Crippen molar-refractivity contribution < 1.29 is 18.9 Å². The number of nitriles is 4. The van der Waals surface area contributed by atoms with Gasteiger partial charge in [-0.15, -0.1) is 0 Å². The monoisotopic (exact) mass is 236 g/mol. The minimum Gasteiger partial charge on any atom is -0.288 e. The molecule has 0 aliphatic carbocycles. The Labute approximate surface area is 97.7 Å². The molecule has 0 spiro atoms. The van der Waals surface area contributed by atoms with Crippen LogP contribution in [0.5, 0.6) is 0 Å². The van der Waals surface area contributed by atoms with Gasteiger partial charge >= 0.3 is 6.16 Å². The summed E-state index contributed by atoms with van der Waals surface area (Å²) < 4.78 is 19.2. The lowest BCUT2D eigenvalue weighted by molar-refractivity contribution is -0.488. The molecule has 0 atom stereocenters. The van der Waals surface area contributed by atoms with Crippen LogP contribution in [0.2, 0.25) is 0 Å². The Morgan fingerprint density at radius 2 is 0.824 bits per heavy atom. The van der Waals surface area contributed by atoms with Crippen LogP contribution in [-0.4, -0.2) is 32.6 Å². The molecule has 0 aliphatic rings. The van der Waals surface area contributed by atoms with Crippen molar-refractivity contribution in [3.63, 3.8) is 0 Å². The number of nitrogens with zero attached hydrogens (tertiary/aromatic N) is 4. The Morgan fingerprint density at radius 1 is 0.588 bits per heavy atom. The zero-order chi connectivity index (χ0) is 13.0. The van der Waals surface area contributed by atoms with Gasteiger partial charge in [0.05, 0.1) is 24.3 Å². The summed E-state index contributed by atoms with van der Waals surface area (Å²) in [6.45, 7) is -1.82. The van der Waals surface area contributed by atoms with Gasteiger partial charge in [0.15, 0.2) is 0 Å². The number of hydrogen-bond donors (Lipinski definition) is 0. The lowest BCUT2D eigenvalue weighted by Crippen LogP contribution is -2.43. The van der Waals surface area contributed by atoms with Crippen molar-refractivity contribution >= 4 is 0 Å². The van der Waals surface area contributed by atoms with E-state index in [1.165, 1.54) is 0 Å². The van der Waals surface area contributed by atoms with Crippen LogP contribution in [0.4, 0.5) is 0 Å². The van der Waals surface area contributed by atoms with E-state index in [-0.39, 0.29) is 0 Å². The summed E-state index contributed by atoms with van der Waals surface area (Å²) in [5.41, 5.74) is 0. The summed E-state index contributed by atoms with van der Waals surface area (Å²) >= 11 is 0. The van der Waals surface area contributed by atoms with Crippen molar-refractivity contribution in [3.8, 4) is 24.3 Å². The minimum absolute atomic E-state index is 0.456. The van der Waals surface area contributed by atoms with Crippen LogP contribution in [0.25, 0.3) is 0 Å². The molecule has 88 valence electrons. The highest BCUT2D eigenvalue weighted by atomic mass is 17.0. The van der Waals surface area contributed by atoms with Gasteiger partial charge < -0.3 is 0 Å². The largest absolute Gasteiger partial charge is 0.416 e. The third-order valence-electron chi connectivity index (χ3n) is 1.25. The molecule has 0 fully saturated rings. The lowest BCUT2D eigenvalue weighted by Gasteiger charge is -2.28. The molecular formula is C9H8N4O4. The third kappa shape index (κ3) is 6.06. The molecule has 0 aromatic heterocycles. The molecule has 8 nitrogen and oxygen atoms in total. The Bertz CT molecular complexity index is 306. The fourth-order valence-electron chi connectivity index (χ4n) is 0.733. The highest BCUT2D eigenvalue weighted by Gasteiger charge is 2.36. The first-order valence-electron chi connectivity index (χ1n) is 4.28.